The van der Waals surface area contributed by atoms with E-state index in [1.807, 2.05) is 18.2 Å². The Labute approximate surface area is 143 Å². The van der Waals surface area contributed by atoms with Crippen molar-refractivity contribution in [2.24, 2.45) is 0 Å². The van der Waals surface area contributed by atoms with E-state index >= 15 is 0 Å². The fourth-order valence-corrected chi connectivity index (χ4v) is 5.79. The summed E-state index contributed by atoms with van der Waals surface area (Å²) in [5, 5.41) is 2.93. The summed E-state index contributed by atoms with van der Waals surface area (Å²) in [6.07, 6.45) is 2.38. The minimum absolute atomic E-state index is 0.281. The maximum absolute atomic E-state index is 5.49. The SMILES string of the molecule is COc1ccccc1PCCC(C)(C)Pc1ccccc1OC. The molecule has 0 aliphatic heterocycles. The zero-order chi connectivity index (χ0) is 16.7. The van der Waals surface area contributed by atoms with E-state index in [1.165, 1.54) is 23.2 Å². The van der Waals surface area contributed by atoms with Gasteiger partial charge in [-0.3, -0.25) is 0 Å². The van der Waals surface area contributed by atoms with Crippen molar-refractivity contribution in [3.63, 3.8) is 0 Å². The summed E-state index contributed by atoms with van der Waals surface area (Å²) in [7, 11) is 5.04. The van der Waals surface area contributed by atoms with Gasteiger partial charge >= 0.3 is 0 Å². The zero-order valence-electron chi connectivity index (χ0n) is 14.3. The first-order valence-electron chi connectivity index (χ1n) is 7.84. The van der Waals surface area contributed by atoms with Gasteiger partial charge in [0.25, 0.3) is 0 Å². The van der Waals surface area contributed by atoms with Crippen LogP contribution in [-0.2, 0) is 0 Å². The van der Waals surface area contributed by atoms with Gasteiger partial charge in [-0.15, -0.1) is 0 Å². The molecule has 4 heteroatoms. The molecular formula is C19H26O2P2. The Hall–Kier alpha value is -1.10. The van der Waals surface area contributed by atoms with Crippen LogP contribution in [0.15, 0.2) is 48.5 Å². The van der Waals surface area contributed by atoms with Crippen molar-refractivity contribution in [2.75, 3.05) is 20.4 Å². The average molecular weight is 348 g/mol. The van der Waals surface area contributed by atoms with Gasteiger partial charge < -0.3 is 9.47 Å². The van der Waals surface area contributed by atoms with E-state index in [2.05, 4.69) is 44.2 Å². The molecule has 2 rings (SSSR count). The van der Waals surface area contributed by atoms with Crippen LogP contribution in [0.3, 0.4) is 0 Å². The van der Waals surface area contributed by atoms with Gasteiger partial charge in [0.15, 0.2) is 0 Å². The van der Waals surface area contributed by atoms with Crippen LogP contribution in [-0.4, -0.2) is 25.5 Å². The van der Waals surface area contributed by atoms with E-state index in [4.69, 9.17) is 9.47 Å². The molecule has 0 N–H and O–H groups in total. The first kappa shape index (κ1) is 18.2. The van der Waals surface area contributed by atoms with Gasteiger partial charge in [-0.05, 0) is 29.9 Å². The monoisotopic (exact) mass is 348 g/mol. The van der Waals surface area contributed by atoms with E-state index in [9.17, 15) is 0 Å². The summed E-state index contributed by atoms with van der Waals surface area (Å²) in [6, 6.07) is 16.7. The second kappa shape index (κ2) is 8.67. The molecule has 0 heterocycles. The summed E-state index contributed by atoms with van der Waals surface area (Å²) >= 11 is 0. The molecule has 0 bridgehead atoms. The maximum Gasteiger partial charge on any atom is 0.126 e. The maximum atomic E-state index is 5.49. The number of methoxy groups -OCH3 is 2. The summed E-state index contributed by atoms with van der Waals surface area (Å²) in [5.74, 6) is 2.02. The summed E-state index contributed by atoms with van der Waals surface area (Å²) in [6.45, 7) is 4.70. The summed E-state index contributed by atoms with van der Waals surface area (Å²) < 4.78 is 10.9. The van der Waals surface area contributed by atoms with Crippen LogP contribution in [0, 0.1) is 0 Å². The number of hydrogen-bond donors (Lipinski definition) is 0. The van der Waals surface area contributed by atoms with Gasteiger partial charge in [-0.1, -0.05) is 67.4 Å². The molecule has 2 aromatic rings. The lowest BCUT2D eigenvalue weighted by Gasteiger charge is -2.26. The lowest BCUT2D eigenvalue weighted by Crippen LogP contribution is -2.19. The molecule has 124 valence electrons. The summed E-state index contributed by atoms with van der Waals surface area (Å²) in [5.41, 5.74) is 0. The van der Waals surface area contributed by atoms with Gasteiger partial charge in [0.2, 0.25) is 0 Å². The Kier molecular flexibility index (Phi) is 6.88. The molecule has 0 aromatic heterocycles. The molecule has 0 spiro atoms. The third-order valence-corrected chi connectivity index (χ3v) is 6.66. The van der Waals surface area contributed by atoms with Gasteiger partial charge in [-0.2, -0.15) is 0 Å². The van der Waals surface area contributed by atoms with Crippen LogP contribution in [0.1, 0.15) is 20.3 Å². The largest absolute Gasteiger partial charge is 0.496 e. The smallest absolute Gasteiger partial charge is 0.126 e. The van der Waals surface area contributed by atoms with E-state index in [-0.39, 0.29) is 5.16 Å². The summed E-state index contributed by atoms with van der Waals surface area (Å²) in [4.78, 5) is 0. The number of ether oxygens (including phenoxy) is 2. The predicted octanol–water partition coefficient (Wildman–Crippen LogP) is 4.18. The van der Waals surface area contributed by atoms with Gasteiger partial charge in [-0.25, -0.2) is 0 Å². The Morgan fingerprint density at radius 3 is 1.96 bits per heavy atom. The highest BCUT2D eigenvalue weighted by Crippen LogP contribution is 2.37. The average Bonchev–Trinajstić information content (AvgIpc) is 2.55. The highest BCUT2D eigenvalue weighted by Gasteiger charge is 2.20. The molecule has 2 nitrogen and oxygen atoms in total. The fourth-order valence-electron chi connectivity index (χ4n) is 2.48. The van der Waals surface area contributed by atoms with Gasteiger partial charge in [0.1, 0.15) is 11.5 Å². The van der Waals surface area contributed by atoms with Crippen LogP contribution < -0.4 is 20.1 Å². The first-order valence-corrected chi connectivity index (χ1v) is 10.0. The van der Waals surface area contributed by atoms with E-state index < -0.39 is 0 Å². The lowest BCUT2D eigenvalue weighted by molar-refractivity contribution is 0.418. The second-order valence-electron chi connectivity index (χ2n) is 6.09. The minimum Gasteiger partial charge on any atom is -0.496 e. The molecule has 0 saturated heterocycles. The first-order chi connectivity index (χ1) is 11.1. The third kappa shape index (κ3) is 5.48. The van der Waals surface area contributed by atoms with Crippen molar-refractivity contribution in [2.45, 2.75) is 25.4 Å². The van der Waals surface area contributed by atoms with Crippen LogP contribution in [0.5, 0.6) is 11.5 Å². The van der Waals surface area contributed by atoms with E-state index in [0.29, 0.717) is 0 Å². The third-order valence-electron chi connectivity index (χ3n) is 3.75. The minimum atomic E-state index is 0.281. The van der Waals surface area contributed by atoms with Crippen LogP contribution in [0.25, 0.3) is 0 Å². The molecule has 0 radical (unpaired) electrons. The Morgan fingerprint density at radius 2 is 1.35 bits per heavy atom. The second-order valence-corrected chi connectivity index (χ2v) is 9.62. The van der Waals surface area contributed by atoms with Crippen molar-refractivity contribution in [3.8, 4) is 11.5 Å². The van der Waals surface area contributed by atoms with Crippen molar-refractivity contribution in [1.82, 2.24) is 0 Å². The fraction of sp³-hybridized carbons (Fsp3) is 0.368. The molecule has 0 aliphatic carbocycles. The molecule has 0 fully saturated rings. The number of rotatable bonds is 8. The van der Waals surface area contributed by atoms with Crippen molar-refractivity contribution >= 4 is 27.8 Å². The highest BCUT2D eigenvalue weighted by molar-refractivity contribution is 7.49. The molecule has 23 heavy (non-hydrogen) atoms. The standard InChI is InChI=1S/C19H26O2P2/c1-19(2,23-18-12-8-6-10-16(18)21-4)13-14-22-17-11-7-5-9-15(17)20-3/h5-12,22-23H,13-14H2,1-4H3. The van der Waals surface area contributed by atoms with Gasteiger partial charge in [0.05, 0.1) is 14.2 Å². The van der Waals surface area contributed by atoms with Crippen LogP contribution in [0.4, 0.5) is 0 Å². The van der Waals surface area contributed by atoms with Crippen LogP contribution in [0.2, 0.25) is 0 Å². The Morgan fingerprint density at radius 1 is 0.826 bits per heavy atom. The predicted molar refractivity (Wildman–Crippen MR) is 105 cm³/mol. The quantitative estimate of drug-likeness (QED) is 0.667. The molecular weight excluding hydrogens is 322 g/mol. The normalized spacial score (nSPS) is 12.3. The van der Waals surface area contributed by atoms with E-state index in [1.54, 1.807) is 14.2 Å². The van der Waals surface area contributed by atoms with Crippen molar-refractivity contribution < 1.29 is 9.47 Å². The number of para-hydroxylation sites is 2. The zero-order valence-corrected chi connectivity index (χ0v) is 16.3. The molecule has 0 aliphatic rings. The number of hydrogen-bond acceptors (Lipinski definition) is 2. The molecule has 0 amide bonds. The highest BCUT2D eigenvalue weighted by atomic mass is 31.1. The van der Waals surface area contributed by atoms with Gasteiger partial charge in [0, 0.05) is 10.6 Å². The number of benzene rings is 2. The van der Waals surface area contributed by atoms with Crippen LogP contribution >= 0.6 is 17.2 Å². The molecule has 2 unspecified atom stereocenters. The Bertz CT molecular complexity index is 626. The Balaban J connectivity index is 1.93. The molecule has 0 saturated carbocycles. The van der Waals surface area contributed by atoms with Crippen molar-refractivity contribution in [3.05, 3.63) is 48.5 Å². The lowest BCUT2D eigenvalue weighted by atomic mass is 10.1. The topological polar surface area (TPSA) is 18.5 Å². The van der Waals surface area contributed by atoms with E-state index in [0.717, 1.165) is 28.7 Å². The van der Waals surface area contributed by atoms with Crippen molar-refractivity contribution in [1.29, 1.82) is 0 Å². The molecule has 2 aromatic carbocycles. The molecule has 2 atom stereocenters.